The van der Waals surface area contributed by atoms with Gasteiger partial charge in [0.15, 0.2) is 17.1 Å². The van der Waals surface area contributed by atoms with E-state index in [9.17, 15) is 31.4 Å². The highest BCUT2D eigenvalue weighted by Gasteiger charge is 2.46. The fourth-order valence-corrected chi connectivity index (χ4v) is 5.26. The Morgan fingerprint density at radius 1 is 1.23 bits per heavy atom. The molecule has 0 fully saturated rings. The maximum absolute atomic E-state index is 14.6. The Morgan fingerprint density at radius 2 is 1.91 bits per heavy atom. The molecule has 0 aliphatic carbocycles. The van der Waals surface area contributed by atoms with Gasteiger partial charge in [-0.15, -0.1) is 0 Å². The summed E-state index contributed by atoms with van der Waals surface area (Å²) in [6.07, 6.45) is -3.91. The van der Waals surface area contributed by atoms with Gasteiger partial charge in [0.1, 0.15) is 36.2 Å². The number of carbonyl (C=O) groups is 1. The van der Waals surface area contributed by atoms with Gasteiger partial charge in [0.25, 0.3) is 5.91 Å². The summed E-state index contributed by atoms with van der Waals surface area (Å²) in [4.78, 5) is 32.0. The quantitative estimate of drug-likeness (QED) is 0.248. The summed E-state index contributed by atoms with van der Waals surface area (Å²) in [5.41, 5.74) is -2.37. The third-order valence-corrected chi connectivity index (χ3v) is 8.53. The van der Waals surface area contributed by atoms with Crippen LogP contribution in [0, 0.1) is 5.82 Å². The number of nitrogens with one attached hydrogen (secondary N) is 3. The molecule has 1 aliphatic rings. The molecular formula is C29H32F4N4O6S. The van der Waals surface area contributed by atoms with Crippen LogP contribution >= 0.6 is 0 Å². The summed E-state index contributed by atoms with van der Waals surface area (Å²) in [6, 6.07) is 7.12. The van der Waals surface area contributed by atoms with E-state index in [0.29, 0.717) is 0 Å². The smallest absolute Gasteiger partial charge is 0.398 e. The van der Waals surface area contributed by atoms with E-state index in [1.54, 1.807) is 27.7 Å². The number of benzene rings is 1. The van der Waals surface area contributed by atoms with Crippen molar-refractivity contribution in [3.05, 3.63) is 75.5 Å². The SMILES string of the molecule is CC1(NS(=O)C(C)(C)C)COc2c1cc(C(CNC(=O)c1c[nH]c(OCCO)cc1=O)C(F)(F)F)nc2-c1ccc(F)cc1. The first-order chi connectivity index (χ1) is 20.5. The molecule has 3 unspecified atom stereocenters. The molecule has 44 heavy (non-hydrogen) atoms. The van der Waals surface area contributed by atoms with Gasteiger partial charge in [0.05, 0.1) is 33.6 Å². The molecule has 2 aromatic heterocycles. The number of fused-ring (bicyclic) bond motifs is 1. The van der Waals surface area contributed by atoms with Gasteiger partial charge in [0.2, 0.25) is 0 Å². The van der Waals surface area contributed by atoms with Crippen molar-refractivity contribution in [1.82, 2.24) is 20.0 Å². The number of aliphatic hydroxyl groups is 1. The van der Waals surface area contributed by atoms with Crippen LogP contribution < -0.4 is 24.9 Å². The van der Waals surface area contributed by atoms with Gasteiger partial charge in [0, 0.05) is 29.9 Å². The first-order valence-corrected chi connectivity index (χ1v) is 14.6. The molecule has 3 aromatic rings. The monoisotopic (exact) mass is 640 g/mol. The lowest BCUT2D eigenvalue weighted by Gasteiger charge is -2.29. The summed E-state index contributed by atoms with van der Waals surface area (Å²) in [5.74, 6) is -3.84. The summed E-state index contributed by atoms with van der Waals surface area (Å²) < 4.78 is 83.7. The molecule has 0 bridgehead atoms. The number of hydrogen-bond donors (Lipinski definition) is 4. The Labute approximate surface area is 252 Å². The molecule has 0 radical (unpaired) electrons. The van der Waals surface area contributed by atoms with E-state index in [2.05, 4.69) is 20.0 Å². The average Bonchev–Trinajstić information content (AvgIpc) is 3.26. The number of ether oxygens (including phenoxy) is 2. The largest absolute Gasteiger partial charge is 0.489 e. The number of carbonyl (C=O) groups excluding carboxylic acids is 1. The second-order valence-corrected chi connectivity index (χ2v) is 13.3. The Morgan fingerprint density at radius 3 is 2.50 bits per heavy atom. The van der Waals surface area contributed by atoms with Crippen molar-refractivity contribution in [3.8, 4) is 22.9 Å². The van der Waals surface area contributed by atoms with E-state index in [4.69, 9.17) is 14.6 Å². The van der Waals surface area contributed by atoms with Crippen molar-refractivity contribution in [2.75, 3.05) is 26.4 Å². The minimum absolute atomic E-state index is 0.0139. The molecule has 4 rings (SSSR count). The van der Waals surface area contributed by atoms with Crippen molar-refractivity contribution < 1.29 is 41.1 Å². The van der Waals surface area contributed by atoms with E-state index in [1.807, 2.05) is 0 Å². The Bertz CT molecular complexity index is 1610. The number of aromatic amines is 1. The zero-order valence-electron chi connectivity index (χ0n) is 24.3. The molecule has 4 N–H and O–H groups in total. The van der Waals surface area contributed by atoms with E-state index in [1.165, 1.54) is 18.2 Å². The zero-order chi connectivity index (χ0) is 32.4. The van der Waals surface area contributed by atoms with E-state index in [-0.39, 0.29) is 48.3 Å². The molecule has 1 aromatic carbocycles. The van der Waals surface area contributed by atoms with Crippen LogP contribution in [0.25, 0.3) is 11.3 Å². The van der Waals surface area contributed by atoms with Gasteiger partial charge in [-0.3, -0.25) is 9.59 Å². The number of aromatic nitrogens is 2. The molecule has 3 heterocycles. The number of amides is 1. The van der Waals surface area contributed by atoms with Crippen molar-refractivity contribution in [1.29, 1.82) is 0 Å². The van der Waals surface area contributed by atoms with Gasteiger partial charge in [-0.25, -0.2) is 18.3 Å². The lowest BCUT2D eigenvalue weighted by Crippen LogP contribution is -2.47. The fourth-order valence-electron chi connectivity index (χ4n) is 4.37. The zero-order valence-corrected chi connectivity index (χ0v) is 25.1. The number of alkyl halides is 3. The molecule has 15 heteroatoms. The van der Waals surface area contributed by atoms with Crippen LogP contribution in [0.3, 0.4) is 0 Å². The summed E-state index contributed by atoms with van der Waals surface area (Å²) in [5, 5.41) is 11.0. The Hall–Kier alpha value is -3.82. The minimum Gasteiger partial charge on any atom is -0.489 e. The highest BCUT2D eigenvalue weighted by Crippen LogP contribution is 2.46. The lowest BCUT2D eigenvalue weighted by molar-refractivity contribution is -0.149. The van der Waals surface area contributed by atoms with Crippen molar-refractivity contribution in [2.24, 2.45) is 0 Å². The van der Waals surface area contributed by atoms with E-state index < -0.39 is 68.3 Å². The summed E-state index contributed by atoms with van der Waals surface area (Å²) in [7, 11) is -1.63. The van der Waals surface area contributed by atoms with Gasteiger partial charge >= 0.3 is 6.18 Å². The number of hydrogen-bond acceptors (Lipinski definition) is 7. The van der Waals surface area contributed by atoms with Gasteiger partial charge in [-0.1, -0.05) is 0 Å². The molecule has 0 saturated carbocycles. The summed E-state index contributed by atoms with van der Waals surface area (Å²) in [6.45, 7) is 5.37. The van der Waals surface area contributed by atoms with Crippen LogP contribution in [0.5, 0.6) is 11.6 Å². The van der Waals surface area contributed by atoms with Crippen LogP contribution in [-0.4, -0.2) is 62.5 Å². The number of nitrogens with zero attached hydrogens (tertiary/aromatic N) is 1. The first kappa shape index (κ1) is 33.1. The van der Waals surface area contributed by atoms with Crippen LogP contribution in [0.1, 0.15) is 55.2 Å². The fraction of sp³-hybridized carbons (Fsp3) is 0.414. The molecule has 1 aliphatic heterocycles. The Kier molecular flexibility index (Phi) is 9.51. The number of aliphatic hydroxyl groups excluding tert-OH is 1. The van der Waals surface area contributed by atoms with Gasteiger partial charge in [-0.2, -0.15) is 13.2 Å². The molecule has 0 spiro atoms. The number of halogens is 4. The van der Waals surface area contributed by atoms with E-state index >= 15 is 0 Å². The normalized spacial score (nSPS) is 17.8. The van der Waals surface area contributed by atoms with E-state index in [0.717, 1.165) is 24.4 Å². The molecule has 238 valence electrons. The molecular weight excluding hydrogens is 608 g/mol. The van der Waals surface area contributed by atoms with Crippen molar-refractivity contribution >= 4 is 16.9 Å². The van der Waals surface area contributed by atoms with Crippen molar-refractivity contribution in [3.63, 3.8) is 0 Å². The lowest BCUT2D eigenvalue weighted by atomic mass is 9.91. The number of pyridine rings is 2. The standard InChI is InChI=1S/C29H32F4N4O6S/c1-27(2,3)44(41)37-28(4)15-43-25-19(28)11-21(36-24(25)16-5-7-17(30)8-6-16)20(29(31,32)33)14-35-26(40)18-13-34-23(12-22(18)39)42-10-9-38/h5-8,11-13,20,37-38H,9-10,14-15H2,1-4H3,(H,34,39)(H,35,40). The second kappa shape index (κ2) is 12.7. The Balaban J connectivity index is 1.74. The molecule has 0 saturated heterocycles. The maximum atomic E-state index is 14.6. The predicted octanol–water partition coefficient (Wildman–Crippen LogP) is 3.68. The first-order valence-electron chi connectivity index (χ1n) is 13.5. The van der Waals surface area contributed by atoms with Crippen molar-refractivity contribution in [2.45, 2.75) is 50.1 Å². The number of H-pyrrole nitrogens is 1. The van der Waals surface area contributed by atoms with Gasteiger partial charge in [-0.05, 0) is 58.0 Å². The number of rotatable bonds is 10. The topological polar surface area (TPSA) is 143 Å². The average molecular weight is 641 g/mol. The van der Waals surface area contributed by atoms with Gasteiger partial charge < -0.3 is 24.9 Å². The highest BCUT2D eigenvalue weighted by atomic mass is 32.2. The molecule has 1 amide bonds. The second-order valence-electron chi connectivity index (χ2n) is 11.3. The highest BCUT2D eigenvalue weighted by molar-refractivity contribution is 7.84. The third kappa shape index (κ3) is 7.27. The predicted molar refractivity (Wildman–Crippen MR) is 154 cm³/mol. The molecule has 3 atom stereocenters. The van der Waals surface area contributed by atoms with Crippen LogP contribution in [0.2, 0.25) is 0 Å². The van der Waals surface area contributed by atoms with Crippen LogP contribution in [0.15, 0.2) is 47.4 Å². The third-order valence-electron chi connectivity index (χ3n) is 6.78. The van der Waals surface area contributed by atoms with Crippen LogP contribution in [-0.2, 0) is 16.5 Å². The van der Waals surface area contributed by atoms with Crippen LogP contribution in [0.4, 0.5) is 17.6 Å². The summed E-state index contributed by atoms with van der Waals surface area (Å²) >= 11 is 0. The maximum Gasteiger partial charge on any atom is 0.398 e. The minimum atomic E-state index is -4.90. The molecule has 10 nitrogen and oxygen atoms in total.